The molecule has 0 aliphatic rings. The fraction of sp³-hybridized carbons (Fsp3) is 0.400. The molecule has 0 aliphatic carbocycles. The summed E-state index contributed by atoms with van der Waals surface area (Å²) in [5, 5.41) is 11.5. The third-order valence-electron chi connectivity index (χ3n) is 3.74. The molecule has 1 aromatic carbocycles. The van der Waals surface area contributed by atoms with Gasteiger partial charge in [0.15, 0.2) is 5.16 Å². The molecule has 0 spiro atoms. The number of hydrogen-bond acceptors (Lipinski definition) is 5. The van der Waals surface area contributed by atoms with E-state index in [0.717, 1.165) is 16.8 Å². The second-order valence-electron chi connectivity index (χ2n) is 5.08. The lowest BCUT2D eigenvalue weighted by Gasteiger charge is -2.19. The van der Waals surface area contributed by atoms with Gasteiger partial charge in [-0.25, -0.2) is 0 Å². The second kappa shape index (κ2) is 6.83. The molecule has 0 saturated heterocycles. The maximum Gasteiger partial charge on any atom is 0.247 e. The highest BCUT2D eigenvalue weighted by Crippen LogP contribution is 2.26. The Morgan fingerprint density at radius 3 is 2.77 bits per heavy atom. The van der Waals surface area contributed by atoms with Gasteiger partial charge in [-0.05, 0) is 43.7 Å². The van der Waals surface area contributed by atoms with Crippen molar-refractivity contribution in [1.82, 2.24) is 14.8 Å². The topological polar surface area (TPSA) is 85.8 Å². The van der Waals surface area contributed by atoms with Crippen molar-refractivity contribution >= 4 is 29.3 Å². The van der Waals surface area contributed by atoms with Crippen LogP contribution >= 0.6 is 11.8 Å². The number of carbonyl (C=O) groups excluding carboxylic acids is 1. The molecule has 22 heavy (non-hydrogen) atoms. The molecule has 6 nitrogen and oxygen atoms in total. The Labute approximate surface area is 134 Å². The van der Waals surface area contributed by atoms with E-state index >= 15 is 0 Å². The van der Waals surface area contributed by atoms with Crippen molar-refractivity contribution in [3.05, 3.63) is 29.3 Å². The van der Waals surface area contributed by atoms with Crippen molar-refractivity contribution in [1.29, 1.82) is 0 Å². The quantitative estimate of drug-likeness (QED) is 0.828. The van der Waals surface area contributed by atoms with Gasteiger partial charge in [-0.2, -0.15) is 0 Å². The number of rotatable bonds is 5. The molecule has 0 bridgehead atoms. The van der Waals surface area contributed by atoms with E-state index in [1.165, 1.54) is 11.8 Å². The summed E-state index contributed by atoms with van der Waals surface area (Å²) < 4.78 is 1.69. The van der Waals surface area contributed by atoms with E-state index in [4.69, 9.17) is 5.73 Å². The number of aryl methyl sites for hydroxylation is 1. The summed E-state index contributed by atoms with van der Waals surface area (Å²) >= 11 is 1.42. The first-order valence-corrected chi connectivity index (χ1v) is 8.33. The van der Waals surface area contributed by atoms with Gasteiger partial charge in [0, 0.05) is 5.69 Å². The Morgan fingerprint density at radius 1 is 1.41 bits per heavy atom. The Bertz CT molecular complexity index is 683. The molecule has 0 fully saturated rings. The van der Waals surface area contributed by atoms with Gasteiger partial charge in [-0.1, -0.05) is 30.8 Å². The molecule has 2 rings (SSSR count). The zero-order valence-electron chi connectivity index (χ0n) is 13.3. The number of nitrogens with one attached hydrogen (secondary N) is 1. The van der Waals surface area contributed by atoms with Crippen LogP contribution in [0.25, 0.3) is 0 Å². The minimum atomic E-state index is -0.433. The largest absolute Gasteiger partial charge is 0.368 e. The average Bonchev–Trinajstić information content (AvgIpc) is 2.86. The van der Waals surface area contributed by atoms with Gasteiger partial charge < -0.3 is 11.1 Å². The smallest absolute Gasteiger partial charge is 0.247 e. The molecule has 118 valence electrons. The highest BCUT2D eigenvalue weighted by atomic mass is 32.2. The predicted molar refractivity (Wildman–Crippen MR) is 90.1 cm³/mol. The van der Waals surface area contributed by atoms with Crippen LogP contribution in [0.3, 0.4) is 0 Å². The van der Waals surface area contributed by atoms with Crippen LogP contribution in [-0.4, -0.2) is 26.9 Å². The lowest BCUT2D eigenvalue weighted by Crippen LogP contribution is -2.27. The highest BCUT2D eigenvalue weighted by molar-refractivity contribution is 7.98. The zero-order valence-corrected chi connectivity index (χ0v) is 14.1. The standard InChI is InChI=1S/C15H21N5OS/c1-5-12(20-14(16)18-19-15(20)22-4)13(21)17-11-8-6-7-9(2)10(11)3/h6-8,12H,5H2,1-4H3,(H2,16,18)(H,17,21)/t12-/m0/s1. The Morgan fingerprint density at radius 2 is 2.14 bits per heavy atom. The monoisotopic (exact) mass is 319 g/mol. The summed E-state index contributed by atoms with van der Waals surface area (Å²) in [6.45, 7) is 5.95. The van der Waals surface area contributed by atoms with Crippen LogP contribution in [0.5, 0.6) is 0 Å². The molecule has 1 amide bonds. The molecule has 1 atom stereocenters. The Balaban J connectivity index is 2.30. The SMILES string of the molecule is CC[C@@H](C(=O)Nc1cccc(C)c1C)n1c(N)nnc1SC. The van der Waals surface area contributed by atoms with E-state index in [9.17, 15) is 4.79 Å². The number of aromatic nitrogens is 3. The van der Waals surface area contributed by atoms with Crippen LogP contribution < -0.4 is 11.1 Å². The molecule has 0 radical (unpaired) electrons. The second-order valence-corrected chi connectivity index (χ2v) is 5.85. The molecular weight excluding hydrogens is 298 g/mol. The molecule has 7 heteroatoms. The number of hydrogen-bond donors (Lipinski definition) is 2. The van der Waals surface area contributed by atoms with Crippen molar-refractivity contribution in [3.8, 4) is 0 Å². The van der Waals surface area contributed by atoms with E-state index in [-0.39, 0.29) is 11.9 Å². The first-order valence-electron chi connectivity index (χ1n) is 7.11. The first-order chi connectivity index (χ1) is 10.5. The van der Waals surface area contributed by atoms with Gasteiger partial charge in [0.1, 0.15) is 6.04 Å². The van der Waals surface area contributed by atoms with Gasteiger partial charge in [0.2, 0.25) is 11.9 Å². The number of amides is 1. The summed E-state index contributed by atoms with van der Waals surface area (Å²) in [6, 6.07) is 5.42. The maximum absolute atomic E-state index is 12.7. The lowest BCUT2D eigenvalue weighted by molar-refractivity contribution is -0.119. The number of nitrogens with two attached hydrogens (primary N) is 1. The van der Waals surface area contributed by atoms with Crippen molar-refractivity contribution in [2.24, 2.45) is 0 Å². The molecule has 2 aromatic rings. The van der Waals surface area contributed by atoms with E-state index in [2.05, 4.69) is 15.5 Å². The van der Waals surface area contributed by atoms with Gasteiger partial charge in [-0.3, -0.25) is 9.36 Å². The lowest BCUT2D eigenvalue weighted by atomic mass is 10.1. The summed E-state index contributed by atoms with van der Waals surface area (Å²) in [6.07, 6.45) is 2.49. The number of nitrogens with zero attached hydrogens (tertiary/aromatic N) is 3. The predicted octanol–water partition coefficient (Wildman–Crippen LogP) is 2.79. The normalized spacial score (nSPS) is 12.2. The highest BCUT2D eigenvalue weighted by Gasteiger charge is 2.24. The number of anilines is 2. The van der Waals surface area contributed by atoms with Crippen LogP contribution in [0, 0.1) is 13.8 Å². The summed E-state index contributed by atoms with van der Waals surface area (Å²) in [5.74, 6) is 0.144. The van der Waals surface area contributed by atoms with Gasteiger partial charge in [0.05, 0.1) is 0 Å². The van der Waals surface area contributed by atoms with Gasteiger partial charge >= 0.3 is 0 Å². The molecule has 1 aromatic heterocycles. The van der Waals surface area contributed by atoms with Crippen molar-refractivity contribution < 1.29 is 4.79 Å². The number of thioether (sulfide) groups is 1. The van der Waals surface area contributed by atoms with Crippen LogP contribution in [-0.2, 0) is 4.79 Å². The van der Waals surface area contributed by atoms with Crippen LogP contribution in [0.15, 0.2) is 23.4 Å². The van der Waals surface area contributed by atoms with Crippen LogP contribution in [0.1, 0.15) is 30.5 Å². The summed E-state index contributed by atoms with van der Waals surface area (Å²) in [5.41, 5.74) is 8.90. The van der Waals surface area contributed by atoms with E-state index in [1.54, 1.807) is 4.57 Å². The number of carbonyl (C=O) groups is 1. The molecular formula is C15H21N5OS. The van der Waals surface area contributed by atoms with E-state index in [0.29, 0.717) is 11.6 Å². The van der Waals surface area contributed by atoms with E-state index < -0.39 is 6.04 Å². The van der Waals surface area contributed by atoms with E-state index in [1.807, 2.05) is 45.2 Å². The minimum Gasteiger partial charge on any atom is -0.368 e. The maximum atomic E-state index is 12.7. The fourth-order valence-electron chi connectivity index (χ4n) is 2.31. The van der Waals surface area contributed by atoms with Gasteiger partial charge in [0.25, 0.3) is 0 Å². The molecule has 0 aliphatic heterocycles. The third-order valence-corrected chi connectivity index (χ3v) is 4.38. The van der Waals surface area contributed by atoms with Crippen molar-refractivity contribution in [2.75, 3.05) is 17.3 Å². The molecule has 0 saturated carbocycles. The third kappa shape index (κ3) is 3.09. The fourth-order valence-corrected chi connectivity index (χ4v) is 2.85. The Hall–Kier alpha value is -2.02. The molecule has 1 heterocycles. The minimum absolute atomic E-state index is 0.113. The first kappa shape index (κ1) is 16.4. The molecule has 0 unspecified atom stereocenters. The summed E-state index contributed by atoms with van der Waals surface area (Å²) in [4.78, 5) is 12.7. The van der Waals surface area contributed by atoms with Crippen molar-refractivity contribution in [3.63, 3.8) is 0 Å². The van der Waals surface area contributed by atoms with Gasteiger partial charge in [-0.15, -0.1) is 10.2 Å². The zero-order chi connectivity index (χ0) is 16.3. The van der Waals surface area contributed by atoms with Crippen LogP contribution in [0.2, 0.25) is 0 Å². The number of benzene rings is 1. The Kier molecular flexibility index (Phi) is 5.07. The molecule has 3 N–H and O–H groups in total. The number of nitrogen functional groups attached to an aromatic ring is 1. The summed E-state index contributed by atoms with van der Waals surface area (Å²) in [7, 11) is 0. The van der Waals surface area contributed by atoms with Crippen molar-refractivity contribution in [2.45, 2.75) is 38.4 Å². The average molecular weight is 319 g/mol. The van der Waals surface area contributed by atoms with Crippen LogP contribution in [0.4, 0.5) is 11.6 Å².